The van der Waals surface area contributed by atoms with Crippen molar-refractivity contribution in [3.05, 3.63) is 71.0 Å². The number of H-pyrrole nitrogens is 1. The first-order valence-corrected chi connectivity index (χ1v) is 9.44. The maximum atomic E-state index is 13.1. The van der Waals surface area contributed by atoms with E-state index in [4.69, 9.17) is 4.42 Å². The highest BCUT2D eigenvalue weighted by atomic mass is 16.3. The van der Waals surface area contributed by atoms with Crippen molar-refractivity contribution in [3.63, 3.8) is 0 Å². The fourth-order valence-electron chi connectivity index (χ4n) is 3.94. The number of nitrogens with one attached hydrogen (secondary N) is 1. The molecule has 2 aromatic heterocycles. The number of fused-ring (bicyclic) bond motifs is 1. The summed E-state index contributed by atoms with van der Waals surface area (Å²) in [5.74, 6) is -1.37. The Kier molecular flexibility index (Phi) is 4.55. The molecule has 1 atom stereocenters. The van der Waals surface area contributed by atoms with Crippen molar-refractivity contribution >= 4 is 22.6 Å². The zero-order valence-corrected chi connectivity index (χ0v) is 15.9. The van der Waals surface area contributed by atoms with E-state index in [9.17, 15) is 14.7 Å². The van der Waals surface area contributed by atoms with Gasteiger partial charge in [-0.25, -0.2) is 0 Å². The molecule has 6 heteroatoms. The van der Waals surface area contributed by atoms with Crippen LogP contribution in [0.3, 0.4) is 0 Å². The summed E-state index contributed by atoms with van der Waals surface area (Å²) in [7, 11) is 0. The summed E-state index contributed by atoms with van der Waals surface area (Å²) in [6.07, 6.45) is 3.08. The standard InChI is InChI=1S/C22H22N2O4/c1-3-4-11-24-19(17-13(2)23-15-9-6-5-8-14(15)17)18(21(26)22(24)27)20(25)16-10-7-12-28-16/h5-10,12,19,23,26H,3-4,11H2,1-2H3. The van der Waals surface area contributed by atoms with E-state index < -0.39 is 23.5 Å². The van der Waals surface area contributed by atoms with Crippen molar-refractivity contribution in [1.82, 2.24) is 9.88 Å². The number of ketones is 1. The van der Waals surface area contributed by atoms with Crippen molar-refractivity contribution in [2.45, 2.75) is 32.7 Å². The molecule has 0 saturated carbocycles. The second-order valence-electron chi connectivity index (χ2n) is 7.03. The predicted molar refractivity (Wildman–Crippen MR) is 105 cm³/mol. The summed E-state index contributed by atoms with van der Waals surface area (Å²) in [4.78, 5) is 30.9. The van der Waals surface area contributed by atoms with E-state index in [0.29, 0.717) is 6.54 Å². The van der Waals surface area contributed by atoms with Gasteiger partial charge in [0.1, 0.15) is 0 Å². The van der Waals surface area contributed by atoms with Crippen molar-refractivity contribution in [1.29, 1.82) is 0 Å². The number of aliphatic hydroxyl groups is 1. The minimum absolute atomic E-state index is 0.0731. The van der Waals surface area contributed by atoms with Gasteiger partial charge in [-0.3, -0.25) is 9.59 Å². The maximum Gasteiger partial charge on any atom is 0.290 e. The summed E-state index contributed by atoms with van der Waals surface area (Å²) < 4.78 is 5.26. The van der Waals surface area contributed by atoms with Gasteiger partial charge in [0.2, 0.25) is 5.78 Å². The molecular weight excluding hydrogens is 356 g/mol. The quantitative estimate of drug-likeness (QED) is 0.621. The van der Waals surface area contributed by atoms with E-state index in [1.54, 1.807) is 17.0 Å². The summed E-state index contributed by atoms with van der Waals surface area (Å²) in [6, 6.07) is 10.3. The van der Waals surface area contributed by atoms with E-state index in [1.807, 2.05) is 38.1 Å². The van der Waals surface area contributed by atoms with E-state index in [2.05, 4.69) is 4.98 Å². The van der Waals surface area contributed by atoms with Crippen LogP contribution in [0.25, 0.3) is 10.9 Å². The van der Waals surface area contributed by atoms with Gasteiger partial charge in [-0.1, -0.05) is 31.5 Å². The van der Waals surface area contributed by atoms with Gasteiger partial charge in [0.25, 0.3) is 5.91 Å². The van der Waals surface area contributed by atoms with Crippen LogP contribution in [0, 0.1) is 6.92 Å². The first kappa shape index (κ1) is 18.1. The normalized spacial score (nSPS) is 17.1. The van der Waals surface area contributed by atoms with Gasteiger partial charge in [0, 0.05) is 28.7 Å². The lowest BCUT2D eigenvalue weighted by Crippen LogP contribution is -2.32. The lowest BCUT2D eigenvalue weighted by atomic mass is 9.93. The number of rotatable bonds is 6. The molecule has 144 valence electrons. The third-order valence-corrected chi connectivity index (χ3v) is 5.26. The van der Waals surface area contributed by atoms with Crippen LogP contribution in [0.4, 0.5) is 0 Å². The highest BCUT2D eigenvalue weighted by Crippen LogP contribution is 2.43. The number of aliphatic hydroxyl groups excluding tert-OH is 1. The van der Waals surface area contributed by atoms with Crippen LogP contribution in [0.15, 0.2) is 58.4 Å². The molecule has 1 amide bonds. The average molecular weight is 378 g/mol. The van der Waals surface area contributed by atoms with Gasteiger partial charge in [0.15, 0.2) is 11.5 Å². The van der Waals surface area contributed by atoms with Gasteiger partial charge in [-0.05, 0) is 31.5 Å². The zero-order chi connectivity index (χ0) is 19.8. The van der Waals surface area contributed by atoms with E-state index in [1.165, 1.54) is 6.26 Å². The Morgan fingerprint density at radius 3 is 2.75 bits per heavy atom. The molecule has 6 nitrogen and oxygen atoms in total. The number of Topliss-reactive ketones (excluding diaryl/α,β-unsaturated/α-hetero) is 1. The SMILES string of the molecule is CCCCN1C(=O)C(O)=C(C(=O)c2ccco2)C1c1c(C)[nH]c2ccccc12. The van der Waals surface area contributed by atoms with Crippen molar-refractivity contribution in [3.8, 4) is 0 Å². The van der Waals surface area contributed by atoms with Gasteiger partial charge in [0.05, 0.1) is 17.9 Å². The highest BCUT2D eigenvalue weighted by Gasteiger charge is 2.45. The Morgan fingerprint density at radius 1 is 1.25 bits per heavy atom. The number of para-hydroxylation sites is 1. The number of benzene rings is 1. The number of unbranched alkanes of at least 4 members (excludes halogenated alkanes) is 1. The number of carbonyl (C=O) groups excluding carboxylic acids is 2. The van der Waals surface area contributed by atoms with Gasteiger partial charge in [-0.15, -0.1) is 0 Å². The smallest absolute Gasteiger partial charge is 0.290 e. The number of hydrogen-bond donors (Lipinski definition) is 2. The topological polar surface area (TPSA) is 86.5 Å². The summed E-state index contributed by atoms with van der Waals surface area (Å²) in [6.45, 7) is 4.41. The Bertz CT molecular complexity index is 1080. The largest absolute Gasteiger partial charge is 0.503 e. The first-order chi connectivity index (χ1) is 13.5. The molecule has 0 bridgehead atoms. The number of furan rings is 1. The molecule has 3 heterocycles. The van der Waals surface area contributed by atoms with Crippen molar-refractivity contribution in [2.24, 2.45) is 0 Å². The average Bonchev–Trinajstić information content (AvgIpc) is 3.38. The monoisotopic (exact) mass is 378 g/mol. The molecular formula is C22H22N2O4. The van der Waals surface area contributed by atoms with Crippen LogP contribution in [0.2, 0.25) is 0 Å². The van der Waals surface area contributed by atoms with Gasteiger partial charge < -0.3 is 19.4 Å². The maximum absolute atomic E-state index is 13.1. The van der Waals surface area contributed by atoms with Crippen molar-refractivity contribution < 1.29 is 19.1 Å². The molecule has 1 aromatic carbocycles. The molecule has 1 aliphatic rings. The van der Waals surface area contributed by atoms with Crippen LogP contribution < -0.4 is 0 Å². The molecule has 3 aromatic rings. The Morgan fingerprint density at radius 2 is 2.04 bits per heavy atom. The lowest BCUT2D eigenvalue weighted by Gasteiger charge is -2.27. The first-order valence-electron chi connectivity index (χ1n) is 9.44. The van der Waals surface area contributed by atoms with Gasteiger partial charge >= 0.3 is 0 Å². The third-order valence-electron chi connectivity index (χ3n) is 5.26. The van der Waals surface area contributed by atoms with Crippen molar-refractivity contribution in [2.75, 3.05) is 6.54 Å². The van der Waals surface area contributed by atoms with Crippen LogP contribution in [0.5, 0.6) is 0 Å². The molecule has 1 aliphatic heterocycles. The van der Waals surface area contributed by atoms with Crippen LogP contribution in [-0.4, -0.2) is 33.2 Å². The molecule has 4 rings (SSSR count). The molecule has 0 saturated heterocycles. The number of aryl methyl sites for hydroxylation is 1. The van der Waals surface area contributed by atoms with E-state index in [-0.39, 0.29) is 11.3 Å². The van der Waals surface area contributed by atoms with Gasteiger partial charge in [-0.2, -0.15) is 0 Å². The molecule has 0 spiro atoms. The molecule has 0 radical (unpaired) electrons. The summed E-state index contributed by atoms with van der Waals surface area (Å²) >= 11 is 0. The van der Waals surface area contributed by atoms with Crippen LogP contribution in [-0.2, 0) is 4.79 Å². The number of amides is 1. The Balaban J connectivity index is 1.91. The number of aromatic nitrogens is 1. The molecule has 1 unspecified atom stereocenters. The number of carbonyl (C=O) groups is 2. The molecule has 0 aliphatic carbocycles. The Labute approximate surface area is 162 Å². The second kappa shape index (κ2) is 7.03. The summed E-state index contributed by atoms with van der Waals surface area (Å²) in [5, 5.41) is 11.6. The summed E-state index contributed by atoms with van der Waals surface area (Å²) in [5.41, 5.74) is 2.69. The second-order valence-corrected chi connectivity index (χ2v) is 7.03. The van der Waals surface area contributed by atoms with Crippen LogP contribution in [0.1, 0.15) is 47.6 Å². The van der Waals surface area contributed by atoms with E-state index >= 15 is 0 Å². The fraction of sp³-hybridized carbons (Fsp3) is 0.273. The number of nitrogens with zero attached hydrogens (tertiary/aromatic N) is 1. The third kappa shape index (κ3) is 2.72. The number of aromatic amines is 1. The zero-order valence-electron chi connectivity index (χ0n) is 15.9. The lowest BCUT2D eigenvalue weighted by molar-refractivity contribution is -0.129. The van der Waals surface area contributed by atoms with Crippen LogP contribution >= 0.6 is 0 Å². The predicted octanol–water partition coefficient (Wildman–Crippen LogP) is 4.45. The molecule has 28 heavy (non-hydrogen) atoms. The highest BCUT2D eigenvalue weighted by molar-refractivity contribution is 6.15. The van der Waals surface area contributed by atoms with E-state index in [0.717, 1.165) is 35.0 Å². The molecule has 2 N–H and O–H groups in total. The Hall–Kier alpha value is -3.28. The number of hydrogen-bond acceptors (Lipinski definition) is 4. The molecule has 0 fully saturated rings. The fourth-order valence-corrected chi connectivity index (χ4v) is 3.94. The minimum Gasteiger partial charge on any atom is -0.503 e. The minimum atomic E-state index is -0.659.